The largest absolute Gasteiger partial charge is 0.420 e. The Morgan fingerprint density at radius 3 is 1.10 bits per heavy atom. The third-order valence-electron chi connectivity index (χ3n) is 10.5. The summed E-state index contributed by atoms with van der Waals surface area (Å²) in [5.41, 5.74) is 0. The number of esters is 2. The van der Waals surface area contributed by atoms with Crippen molar-refractivity contribution in [1.82, 2.24) is 0 Å². The van der Waals surface area contributed by atoms with Gasteiger partial charge >= 0.3 is 23.7 Å². The molecule has 1 fully saturated rings. The Hall–Kier alpha value is -1.30. The van der Waals surface area contributed by atoms with Crippen LogP contribution in [0.1, 0.15) is 219 Å². The molecular weight excluding hydrogens is 664 g/mol. The van der Waals surface area contributed by atoms with Crippen LogP contribution in [0, 0.1) is 0 Å². The maximum Gasteiger partial charge on any atom is 0.399 e. The van der Waals surface area contributed by atoms with E-state index in [1.165, 1.54) is 128 Å². The van der Waals surface area contributed by atoms with Crippen LogP contribution in [0.5, 0.6) is 0 Å². The van der Waals surface area contributed by atoms with E-state index in [1.54, 1.807) is 0 Å². The van der Waals surface area contributed by atoms with E-state index in [1.807, 2.05) is 0 Å². The first-order valence-corrected chi connectivity index (χ1v) is 21.7. The summed E-state index contributed by atoms with van der Waals surface area (Å²) in [4.78, 5) is 25.4. The van der Waals surface area contributed by atoms with E-state index in [4.69, 9.17) is 14.2 Å². The molecule has 10 heteroatoms. The molecular formula is C42H80O10. The zero-order valence-electron chi connectivity index (χ0n) is 33.3. The topological polar surface area (TPSA) is 163 Å². The monoisotopic (exact) mass is 745 g/mol. The summed E-state index contributed by atoms with van der Waals surface area (Å²) in [6.07, 6.45) is 28.9. The van der Waals surface area contributed by atoms with Gasteiger partial charge in [-0.1, -0.05) is 194 Å². The molecule has 0 radical (unpaired) electrons. The Morgan fingerprint density at radius 2 is 0.788 bits per heavy atom. The lowest BCUT2D eigenvalue weighted by Gasteiger charge is -2.49. The van der Waals surface area contributed by atoms with Gasteiger partial charge in [-0.05, 0) is 12.8 Å². The van der Waals surface area contributed by atoms with Crippen LogP contribution in [0.15, 0.2) is 0 Å². The molecule has 1 aliphatic heterocycles. The molecule has 5 atom stereocenters. The quantitative estimate of drug-likeness (QED) is 0.0240. The highest BCUT2D eigenvalue weighted by Crippen LogP contribution is 2.39. The zero-order valence-corrected chi connectivity index (χ0v) is 33.3. The number of ether oxygens (including phenoxy) is 3. The van der Waals surface area contributed by atoms with Crippen molar-refractivity contribution in [2.24, 2.45) is 0 Å². The molecule has 0 aromatic rings. The van der Waals surface area contributed by atoms with Gasteiger partial charge < -0.3 is 39.7 Å². The lowest BCUT2D eigenvalue weighted by molar-refractivity contribution is -0.511. The van der Waals surface area contributed by atoms with Crippen LogP contribution in [0.3, 0.4) is 0 Å². The normalized spacial score (nSPS) is 23.2. The van der Waals surface area contributed by atoms with Gasteiger partial charge in [0.05, 0.1) is 6.61 Å². The minimum absolute atomic E-state index is 0.102. The lowest BCUT2D eigenvalue weighted by atomic mass is 9.94. The molecule has 1 rings (SSSR count). The van der Waals surface area contributed by atoms with Crippen LogP contribution in [0.25, 0.3) is 0 Å². The Labute approximate surface area is 316 Å². The Balaban J connectivity index is 2.33. The molecule has 0 spiro atoms. The van der Waals surface area contributed by atoms with Crippen LogP contribution in [0.2, 0.25) is 0 Å². The van der Waals surface area contributed by atoms with E-state index in [-0.39, 0.29) is 12.8 Å². The third kappa shape index (κ3) is 21.0. The number of aliphatic hydroxyl groups is 5. The molecule has 308 valence electrons. The standard InChI is InChI=1S/C42H80O10/c1-3-5-7-9-11-13-15-17-19-21-23-25-27-29-31-33-37(44)51-41(48)40(47)39(46)36(35-43)50-42(41,49)52-38(45)34-32-30-28-26-24-22-20-18-16-14-12-10-8-6-4-2/h36,39-40,43,46-49H,3-35H2,1-2H3/t36-,39-,40+,41-,42?/m1/s1. The molecule has 5 N–H and O–H groups in total. The minimum Gasteiger partial charge on any atom is -0.420 e. The van der Waals surface area contributed by atoms with Gasteiger partial charge in [0.1, 0.15) is 12.2 Å². The first-order valence-electron chi connectivity index (χ1n) is 21.7. The van der Waals surface area contributed by atoms with Gasteiger partial charge in [0.15, 0.2) is 6.10 Å². The maximum atomic E-state index is 12.7. The molecule has 0 bridgehead atoms. The maximum absolute atomic E-state index is 12.7. The molecule has 1 aliphatic rings. The van der Waals surface area contributed by atoms with Crippen molar-refractivity contribution in [2.45, 2.75) is 249 Å². The molecule has 52 heavy (non-hydrogen) atoms. The summed E-state index contributed by atoms with van der Waals surface area (Å²) in [5.74, 6) is -8.51. The Kier molecular flexibility index (Phi) is 29.0. The first kappa shape index (κ1) is 48.7. The van der Waals surface area contributed by atoms with Crippen LogP contribution < -0.4 is 0 Å². The number of hydrogen-bond donors (Lipinski definition) is 5. The summed E-state index contributed by atoms with van der Waals surface area (Å²) >= 11 is 0. The molecule has 0 aromatic carbocycles. The van der Waals surface area contributed by atoms with Gasteiger partial charge in [-0.2, -0.15) is 0 Å². The van der Waals surface area contributed by atoms with Crippen LogP contribution >= 0.6 is 0 Å². The van der Waals surface area contributed by atoms with E-state index in [0.29, 0.717) is 12.8 Å². The second-order valence-electron chi connectivity index (χ2n) is 15.4. The molecule has 0 amide bonds. The predicted molar refractivity (Wildman–Crippen MR) is 205 cm³/mol. The number of rotatable bonds is 35. The third-order valence-corrected chi connectivity index (χ3v) is 10.5. The molecule has 0 aromatic heterocycles. The predicted octanol–water partition coefficient (Wildman–Crippen LogP) is 9.04. The van der Waals surface area contributed by atoms with Crippen LogP contribution in [0.4, 0.5) is 0 Å². The van der Waals surface area contributed by atoms with Crippen LogP contribution in [-0.4, -0.2) is 74.2 Å². The highest BCUT2D eigenvalue weighted by molar-refractivity contribution is 5.71. The summed E-state index contributed by atoms with van der Waals surface area (Å²) in [6.45, 7) is 3.62. The lowest BCUT2D eigenvalue weighted by Crippen LogP contribution is -2.75. The van der Waals surface area contributed by atoms with Crippen molar-refractivity contribution in [1.29, 1.82) is 0 Å². The second kappa shape index (κ2) is 31.0. The molecule has 10 nitrogen and oxygen atoms in total. The SMILES string of the molecule is CCCCCCCCCCCCCCCCCC(=O)OC1(O)O[C@H](CO)[C@@H](O)[C@H](O)[C@@]1(O)OC(=O)CCCCCCCCCCCCCCCCC. The van der Waals surface area contributed by atoms with Crippen LogP contribution in [-0.2, 0) is 23.8 Å². The van der Waals surface area contributed by atoms with Gasteiger partial charge in [-0.25, -0.2) is 0 Å². The number of hydrogen-bond acceptors (Lipinski definition) is 10. The highest BCUT2D eigenvalue weighted by Gasteiger charge is 2.70. The molecule has 0 aliphatic carbocycles. The van der Waals surface area contributed by atoms with E-state index in [0.717, 1.165) is 51.4 Å². The van der Waals surface area contributed by atoms with Gasteiger partial charge in [0.25, 0.3) is 0 Å². The second-order valence-corrected chi connectivity index (χ2v) is 15.4. The average molecular weight is 745 g/mol. The summed E-state index contributed by atoms with van der Waals surface area (Å²) in [6, 6.07) is 0. The molecule has 1 unspecified atom stereocenters. The van der Waals surface area contributed by atoms with Gasteiger partial charge in [0, 0.05) is 12.8 Å². The zero-order chi connectivity index (χ0) is 38.3. The summed E-state index contributed by atoms with van der Waals surface area (Å²) in [7, 11) is 0. The number of aliphatic hydroxyl groups excluding tert-OH is 3. The van der Waals surface area contributed by atoms with E-state index < -0.39 is 48.6 Å². The molecule has 0 saturated carbocycles. The fourth-order valence-corrected chi connectivity index (χ4v) is 7.06. The minimum atomic E-state index is -3.32. The summed E-state index contributed by atoms with van der Waals surface area (Å²) < 4.78 is 15.4. The highest BCUT2D eigenvalue weighted by atomic mass is 16.9. The van der Waals surface area contributed by atoms with Crippen molar-refractivity contribution in [2.75, 3.05) is 6.61 Å². The van der Waals surface area contributed by atoms with Crippen molar-refractivity contribution in [3.05, 3.63) is 0 Å². The number of carbonyl (C=O) groups is 2. The smallest absolute Gasteiger partial charge is 0.399 e. The molecule has 1 saturated heterocycles. The fourth-order valence-electron chi connectivity index (χ4n) is 7.06. The van der Waals surface area contributed by atoms with E-state index >= 15 is 0 Å². The van der Waals surface area contributed by atoms with Crippen molar-refractivity contribution in [3.63, 3.8) is 0 Å². The van der Waals surface area contributed by atoms with Crippen molar-refractivity contribution >= 4 is 11.9 Å². The fraction of sp³-hybridized carbons (Fsp3) is 0.952. The van der Waals surface area contributed by atoms with Crippen molar-refractivity contribution in [3.8, 4) is 0 Å². The Morgan fingerprint density at radius 1 is 0.500 bits per heavy atom. The summed E-state index contributed by atoms with van der Waals surface area (Å²) in [5, 5.41) is 53.1. The van der Waals surface area contributed by atoms with Crippen molar-refractivity contribution < 1.29 is 49.3 Å². The number of carbonyl (C=O) groups excluding carboxylic acids is 2. The first-order chi connectivity index (χ1) is 25.1. The Bertz CT molecular complexity index is 872. The average Bonchev–Trinajstić information content (AvgIpc) is 3.12. The number of unbranched alkanes of at least 4 members (excludes halogenated alkanes) is 28. The van der Waals surface area contributed by atoms with E-state index in [2.05, 4.69) is 13.8 Å². The van der Waals surface area contributed by atoms with Gasteiger partial charge in [0.2, 0.25) is 0 Å². The molecule has 1 heterocycles. The van der Waals surface area contributed by atoms with E-state index in [9.17, 15) is 35.1 Å². The van der Waals surface area contributed by atoms with Gasteiger partial charge in [-0.3, -0.25) is 9.59 Å². The van der Waals surface area contributed by atoms with Gasteiger partial charge in [-0.15, -0.1) is 0 Å².